The standard InChI is InChI=1S/C33H70NO2Si/c1-6-9-10-11-12-13-14-15-16-17-18-19-20-21-24-27-30-34(7-2,8-3)31-28-25-22-23-26-29-32-37-33(35-4)36-5/h33H,6-32H2,1-5H3/q+1. The lowest BCUT2D eigenvalue weighted by Crippen LogP contribution is -2.49. The second-order valence-electron chi connectivity index (χ2n) is 11.6. The van der Waals surface area contributed by atoms with Crippen LogP contribution in [0.15, 0.2) is 0 Å². The monoisotopic (exact) mass is 541 g/mol. The molecule has 0 fully saturated rings. The molecule has 0 aromatic carbocycles. The summed E-state index contributed by atoms with van der Waals surface area (Å²) < 4.78 is 11.9. The average Bonchev–Trinajstić information content (AvgIpc) is 2.93. The summed E-state index contributed by atoms with van der Waals surface area (Å²) in [5.74, 6) is 0.0170. The first-order valence-corrected chi connectivity index (χ1v) is 18.1. The summed E-state index contributed by atoms with van der Waals surface area (Å²) >= 11 is 0. The topological polar surface area (TPSA) is 18.5 Å². The minimum absolute atomic E-state index is 0.0170. The summed E-state index contributed by atoms with van der Waals surface area (Å²) in [5, 5.41) is 0. The van der Waals surface area contributed by atoms with Crippen molar-refractivity contribution in [3.63, 3.8) is 0 Å². The number of methoxy groups -OCH3 is 2. The van der Waals surface area contributed by atoms with Gasteiger partial charge in [0.2, 0.25) is 0 Å². The van der Waals surface area contributed by atoms with E-state index in [1.807, 2.05) is 0 Å². The van der Waals surface area contributed by atoms with Crippen LogP contribution in [0.2, 0.25) is 6.04 Å². The van der Waals surface area contributed by atoms with Gasteiger partial charge in [0.15, 0.2) is 0 Å². The lowest BCUT2D eigenvalue weighted by molar-refractivity contribution is -0.925. The molecule has 0 aromatic heterocycles. The molecule has 4 heteroatoms. The van der Waals surface area contributed by atoms with Crippen molar-refractivity contribution in [2.75, 3.05) is 40.4 Å². The van der Waals surface area contributed by atoms with Crippen molar-refractivity contribution in [1.82, 2.24) is 0 Å². The third-order valence-corrected chi connectivity index (χ3v) is 10.1. The Balaban J connectivity index is 3.58. The predicted molar refractivity (Wildman–Crippen MR) is 167 cm³/mol. The van der Waals surface area contributed by atoms with Crippen LogP contribution in [-0.2, 0) is 9.47 Å². The fourth-order valence-electron chi connectivity index (χ4n) is 5.73. The first kappa shape index (κ1) is 37.1. The zero-order valence-corrected chi connectivity index (χ0v) is 27.4. The number of hydrogen-bond acceptors (Lipinski definition) is 2. The van der Waals surface area contributed by atoms with Crippen LogP contribution in [0.4, 0.5) is 0 Å². The van der Waals surface area contributed by atoms with Crippen molar-refractivity contribution in [3.8, 4) is 0 Å². The van der Waals surface area contributed by atoms with Gasteiger partial charge in [0, 0.05) is 14.2 Å². The van der Waals surface area contributed by atoms with Crippen molar-refractivity contribution < 1.29 is 14.0 Å². The molecule has 0 rings (SSSR count). The molecule has 0 amide bonds. The molecular weight excluding hydrogens is 470 g/mol. The third-order valence-electron chi connectivity index (χ3n) is 8.63. The van der Waals surface area contributed by atoms with Crippen LogP contribution in [0.25, 0.3) is 0 Å². The van der Waals surface area contributed by atoms with Crippen molar-refractivity contribution >= 4 is 9.52 Å². The van der Waals surface area contributed by atoms with E-state index in [1.54, 1.807) is 14.2 Å². The van der Waals surface area contributed by atoms with Gasteiger partial charge >= 0.3 is 0 Å². The highest BCUT2D eigenvalue weighted by Gasteiger charge is 2.21. The zero-order chi connectivity index (χ0) is 27.3. The van der Waals surface area contributed by atoms with E-state index in [1.165, 1.54) is 178 Å². The van der Waals surface area contributed by atoms with Crippen LogP contribution in [-0.4, -0.2) is 60.3 Å². The molecule has 0 N–H and O–H groups in total. The van der Waals surface area contributed by atoms with Crippen LogP contribution in [0, 0.1) is 0 Å². The Morgan fingerprint density at radius 1 is 0.459 bits per heavy atom. The van der Waals surface area contributed by atoms with E-state index in [9.17, 15) is 0 Å². The molecule has 0 aliphatic carbocycles. The molecule has 0 aliphatic rings. The first-order chi connectivity index (χ1) is 18.2. The molecule has 0 aliphatic heterocycles. The average molecular weight is 541 g/mol. The SMILES string of the molecule is CCCCCCCCCCCCCCCCCC[N+](CC)(CC)CCCCCCCC[Si]C(OC)OC. The van der Waals surface area contributed by atoms with E-state index in [0.29, 0.717) is 0 Å². The maximum absolute atomic E-state index is 5.29. The van der Waals surface area contributed by atoms with Gasteiger partial charge < -0.3 is 14.0 Å². The van der Waals surface area contributed by atoms with Gasteiger partial charge in [-0.3, -0.25) is 0 Å². The Kier molecular flexibility index (Phi) is 29.2. The smallest absolute Gasteiger partial charge is 0.136 e. The third kappa shape index (κ3) is 23.7. The lowest BCUT2D eigenvalue weighted by atomic mass is 10.0. The lowest BCUT2D eigenvalue weighted by Gasteiger charge is -2.37. The van der Waals surface area contributed by atoms with Gasteiger partial charge in [-0.05, 0) is 39.5 Å². The molecule has 0 saturated heterocycles. The van der Waals surface area contributed by atoms with Crippen molar-refractivity contribution in [2.45, 2.75) is 174 Å². The Morgan fingerprint density at radius 2 is 0.784 bits per heavy atom. The highest BCUT2D eigenvalue weighted by atomic mass is 28.2. The van der Waals surface area contributed by atoms with E-state index in [0.717, 1.165) is 9.52 Å². The normalized spacial score (nSPS) is 12.2. The van der Waals surface area contributed by atoms with Gasteiger partial charge in [-0.1, -0.05) is 129 Å². The fraction of sp³-hybridized carbons (Fsp3) is 1.00. The number of quaternary nitrogens is 1. The van der Waals surface area contributed by atoms with Gasteiger partial charge in [0.1, 0.15) is 15.4 Å². The van der Waals surface area contributed by atoms with Crippen LogP contribution < -0.4 is 0 Å². The molecule has 0 bridgehead atoms. The van der Waals surface area contributed by atoms with Gasteiger partial charge in [-0.25, -0.2) is 0 Å². The summed E-state index contributed by atoms with van der Waals surface area (Å²) in [7, 11) is 4.26. The number of rotatable bonds is 31. The molecule has 0 unspecified atom stereocenters. The van der Waals surface area contributed by atoms with Gasteiger partial charge in [0.05, 0.1) is 26.2 Å². The van der Waals surface area contributed by atoms with E-state index in [2.05, 4.69) is 20.8 Å². The number of unbranched alkanes of at least 4 members (excludes halogenated alkanes) is 20. The van der Waals surface area contributed by atoms with E-state index in [4.69, 9.17) is 9.47 Å². The maximum atomic E-state index is 5.29. The van der Waals surface area contributed by atoms with Crippen molar-refractivity contribution in [2.24, 2.45) is 0 Å². The maximum Gasteiger partial charge on any atom is 0.136 e. The van der Waals surface area contributed by atoms with Crippen molar-refractivity contribution in [3.05, 3.63) is 0 Å². The highest BCUT2D eigenvalue weighted by Crippen LogP contribution is 2.17. The summed E-state index contributed by atoms with van der Waals surface area (Å²) in [5.41, 5.74) is 0. The van der Waals surface area contributed by atoms with Crippen LogP contribution >= 0.6 is 0 Å². The van der Waals surface area contributed by atoms with E-state index in [-0.39, 0.29) is 5.91 Å². The fourth-order valence-corrected chi connectivity index (χ4v) is 6.75. The van der Waals surface area contributed by atoms with Gasteiger partial charge in [-0.15, -0.1) is 0 Å². The Bertz CT molecular complexity index is 427. The molecule has 0 heterocycles. The molecule has 0 saturated carbocycles. The Morgan fingerprint density at radius 3 is 1.11 bits per heavy atom. The highest BCUT2D eigenvalue weighted by molar-refractivity contribution is 6.36. The Labute approximate surface area is 237 Å². The summed E-state index contributed by atoms with van der Waals surface area (Å²) in [6.07, 6.45) is 31.7. The van der Waals surface area contributed by atoms with Crippen LogP contribution in [0.5, 0.6) is 0 Å². The second kappa shape index (κ2) is 29.1. The predicted octanol–water partition coefficient (Wildman–Crippen LogP) is 10.1. The molecule has 2 radical (unpaired) electrons. The minimum atomic E-state index is 0.0170. The summed E-state index contributed by atoms with van der Waals surface area (Å²) in [6.45, 7) is 12.6. The Hall–Kier alpha value is 0.0969. The minimum Gasteiger partial charge on any atom is -0.360 e. The molecular formula is C33H70NO2Si+. The molecule has 3 nitrogen and oxygen atoms in total. The number of ether oxygens (including phenoxy) is 2. The molecule has 0 aromatic rings. The number of hydrogen-bond donors (Lipinski definition) is 0. The molecule has 37 heavy (non-hydrogen) atoms. The van der Waals surface area contributed by atoms with Crippen LogP contribution in [0.1, 0.15) is 162 Å². The molecule has 0 spiro atoms. The zero-order valence-electron chi connectivity index (χ0n) is 26.4. The van der Waals surface area contributed by atoms with Gasteiger partial charge in [0.25, 0.3) is 0 Å². The summed E-state index contributed by atoms with van der Waals surface area (Å²) in [4.78, 5) is 0. The van der Waals surface area contributed by atoms with Crippen LogP contribution in [0.3, 0.4) is 0 Å². The van der Waals surface area contributed by atoms with E-state index >= 15 is 0 Å². The molecule has 222 valence electrons. The summed E-state index contributed by atoms with van der Waals surface area (Å²) in [6, 6.07) is 1.25. The second-order valence-corrected chi connectivity index (χ2v) is 13.0. The quantitative estimate of drug-likeness (QED) is 0.0377. The van der Waals surface area contributed by atoms with Crippen molar-refractivity contribution in [1.29, 1.82) is 0 Å². The number of nitrogens with zero attached hydrogens (tertiary/aromatic N) is 1. The van der Waals surface area contributed by atoms with E-state index < -0.39 is 0 Å². The largest absolute Gasteiger partial charge is 0.360 e. The first-order valence-electron chi connectivity index (χ1n) is 16.8. The molecule has 0 atom stereocenters. The van der Waals surface area contributed by atoms with Gasteiger partial charge in [-0.2, -0.15) is 0 Å².